The van der Waals surface area contributed by atoms with E-state index in [0.29, 0.717) is 17.1 Å². The highest BCUT2D eigenvalue weighted by molar-refractivity contribution is 6.00. The van der Waals surface area contributed by atoms with Crippen molar-refractivity contribution in [3.63, 3.8) is 0 Å². The van der Waals surface area contributed by atoms with Crippen LogP contribution in [0.3, 0.4) is 0 Å². The highest BCUT2D eigenvalue weighted by Crippen LogP contribution is 2.19. The predicted molar refractivity (Wildman–Crippen MR) is 123 cm³/mol. The number of hydrogen-bond donors (Lipinski definition) is 4. The van der Waals surface area contributed by atoms with E-state index in [0.717, 1.165) is 5.56 Å². The zero-order chi connectivity index (χ0) is 23.7. The van der Waals surface area contributed by atoms with Crippen LogP contribution in [0.15, 0.2) is 48.5 Å². The number of amides is 4. The van der Waals surface area contributed by atoms with Gasteiger partial charge in [0.2, 0.25) is 11.8 Å². The standard InChI is InChI=1S/C23H28N4O5/c1-15-6-4-5-7-19(15)26-23(32)25-17-8-10-18(11-9-17)27(3)21(29)13-12-20(28)24-16(2)14-22(30)31/h4-11,16H,12-14H2,1-3H3,(H,24,28)(H,30,31)(H2,25,26,32)/t16-/m1/s1. The molecular formula is C23H28N4O5. The Morgan fingerprint density at radius 1 is 0.969 bits per heavy atom. The lowest BCUT2D eigenvalue weighted by molar-refractivity contribution is -0.137. The molecule has 4 N–H and O–H groups in total. The molecule has 0 saturated heterocycles. The van der Waals surface area contributed by atoms with Gasteiger partial charge in [-0.15, -0.1) is 0 Å². The summed E-state index contributed by atoms with van der Waals surface area (Å²) in [5.74, 6) is -1.64. The van der Waals surface area contributed by atoms with Crippen LogP contribution in [0.4, 0.5) is 21.9 Å². The Bertz CT molecular complexity index is 975. The number of aryl methyl sites for hydroxylation is 1. The van der Waals surface area contributed by atoms with Crippen molar-refractivity contribution in [2.24, 2.45) is 0 Å². The number of carboxylic acid groups (broad SMARTS) is 1. The van der Waals surface area contributed by atoms with Gasteiger partial charge in [0.05, 0.1) is 6.42 Å². The molecule has 170 valence electrons. The number of urea groups is 1. The van der Waals surface area contributed by atoms with Crippen molar-refractivity contribution in [3.05, 3.63) is 54.1 Å². The number of anilines is 3. The Kier molecular flexibility index (Phi) is 8.76. The van der Waals surface area contributed by atoms with E-state index in [4.69, 9.17) is 5.11 Å². The smallest absolute Gasteiger partial charge is 0.323 e. The van der Waals surface area contributed by atoms with E-state index in [1.807, 2.05) is 31.2 Å². The number of rotatable bonds is 9. The number of hydrogen-bond acceptors (Lipinski definition) is 4. The molecule has 0 saturated carbocycles. The molecule has 0 bridgehead atoms. The Balaban J connectivity index is 1.84. The number of carboxylic acids is 1. The molecule has 0 heterocycles. The Labute approximate surface area is 186 Å². The van der Waals surface area contributed by atoms with E-state index in [1.54, 1.807) is 38.2 Å². The Morgan fingerprint density at radius 3 is 2.25 bits per heavy atom. The number of carbonyl (C=O) groups is 4. The van der Waals surface area contributed by atoms with E-state index >= 15 is 0 Å². The van der Waals surface area contributed by atoms with Crippen molar-refractivity contribution < 1.29 is 24.3 Å². The van der Waals surface area contributed by atoms with Crippen molar-refractivity contribution >= 4 is 40.9 Å². The normalized spacial score (nSPS) is 11.2. The fourth-order valence-corrected chi connectivity index (χ4v) is 2.96. The van der Waals surface area contributed by atoms with E-state index in [9.17, 15) is 19.2 Å². The second-order valence-electron chi connectivity index (χ2n) is 7.46. The molecule has 1 atom stereocenters. The van der Waals surface area contributed by atoms with Crippen LogP contribution < -0.4 is 20.9 Å². The molecule has 0 spiro atoms. The first kappa shape index (κ1) is 24.4. The number of carbonyl (C=O) groups excluding carboxylic acids is 3. The van der Waals surface area contributed by atoms with Gasteiger partial charge in [0.25, 0.3) is 0 Å². The number of aliphatic carboxylic acids is 1. The first-order chi connectivity index (χ1) is 15.2. The van der Waals surface area contributed by atoms with Crippen molar-refractivity contribution in [2.45, 2.75) is 39.2 Å². The zero-order valence-corrected chi connectivity index (χ0v) is 18.3. The van der Waals surface area contributed by atoms with E-state index in [2.05, 4.69) is 16.0 Å². The van der Waals surface area contributed by atoms with Crippen LogP contribution in [-0.4, -0.2) is 42.0 Å². The average molecular weight is 441 g/mol. The Hall–Kier alpha value is -3.88. The van der Waals surface area contributed by atoms with Crippen molar-refractivity contribution in [2.75, 3.05) is 22.6 Å². The molecule has 2 aromatic carbocycles. The fourth-order valence-electron chi connectivity index (χ4n) is 2.96. The summed E-state index contributed by atoms with van der Waals surface area (Å²) in [6.07, 6.45) is -0.226. The van der Waals surface area contributed by atoms with Crippen LogP contribution in [0.1, 0.15) is 31.7 Å². The summed E-state index contributed by atoms with van der Waals surface area (Å²) in [5, 5.41) is 16.8. The summed E-state index contributed by atoms with van der Waals surface area (Å²) in [7, 11) is 1.60. The van der Waals surface area contributed by atoms with Gasteiger partial charge in [0.1, 0.15) is 0 Å². The Morgan fingerprint density at radius 2 is 1.62 bits per heavy atom. The molecule has 9 heteroatoms. The largest absolute Gasteiger partial charge is 0.481 e. The predicted octanol–water partition coefficient (Wildman–Crippen LogP) is 3.36. The molecule has 0 aliphatic heterocycles. The van der Waals surface area contributed by atoms with Gasteiger partial charge in [-0.2, -0.15) is 0 Å². The molecule has 0 aliphatic rings. The molecule has 0 aliphatic carbocycles. The third-order valence-corrected chi connectivity index (χ3v) is 4.73. The van der Waals surface area contributed by atoms with Gasteiger partial charge in [-0.3, -0.25) is 14.4 Å². The third kappa shape index (κ3) is 7.75. The minimum absolute atomic E-state index is 0.0129. The average Bonchev–Trinajstić information content (AvgIpc) is 2.73. The second kappa shape index (κ2) is 11.5. The second-order valence-corrected chi connectivity index (χ2v) is 7.46. The summed E-state index contributed by atoms with van der Waals surface area (Å²) in [6.45, 7) is 3.49. The number of nitrogens with zero attached hydrogens (tertiary/aromatic N) is 1. The summed E-state index contributed by atoms with van der Waals surface area (Å²) in [4.78, 5) is 48.5. The number of para-hydroxylation sites is 1. The van der Waals surface area contributed by atoms with Gasteiger partial charge in [0, 0.05) is 43.0 Å². The maximum absolute atomic E-state index is 12.4. The van der Waals surface area contributed by atoms with E-state index in [-0.39, 0.29) is 37.1 Å². The minimum Gasteiger partial charge on any atom is -0.481 e. The van der Waals surface area contributed by atoms with Crippen LogP contribution in [-0.2, 0) is 14.4 Å². The summed E-state index contributed by atoms with van der Waals surface area (Å²) in [6, 6.07) is 13.3. The molecule has 4 amide bonds. The minimum atomic E-state index is -1.00. The van der Waals surface area contributed by atoms with Crippen LogP contribution in [0.25, 0.3) is 0 Å². The fraction of sp³-hybridized carbons (Fsp3) is 0.304. The van der Waals surface area contributed by atoms with Gasteiger partial charge in [0.15, 0.2) is 0 Å². The van der Waals surface area contributed by atoms with Crippen molar-refractivity contribution in [3.8, 4) is 0 Å². The van der Waals surface area contributed by atoms with Crippen LogP contribution >= 0.6 is 0 Å². The number of benzene rings is 2. The van der Waals surface area contributed by atoms with Gasteiger partial charge in [-0.1, -0.05) is 18.2 Å². The molecule has 2 aromatic rings. The number of nitrogens with one attached hydrogen (secondary N) is 3. The summed E-state index contributed by atoms with van der Waals surface area (Å²) < 4.78 is 0. The molecule has 0 aromatic heterocycles. The maximum atomic E-state index is 12.4. The van der Waals surface area contributed by atoms with E-state index in [1.165, 1.54) is 4.90 Å². The van der Waals surface area contributed by atoms with E-state index < -0.39 is 12.0 Å². The quantitative estimate of drug-likeness (QED) is 0.475. The summed E-state index contributed by atoms with van der Waals surface area (Å²) >= 11 is 0. The lowest BCUT2D eigenvalue weighted by atomic mass is 10.2. The van der Waals surface area contributed by atoms with Gasteiger partial charge in [-0.25, -0.2) is 4.79 Å². The van der Waals surface area contributed by atoms with Crippen molar-refractivity contribution in [1.82, 2.24) is 5.32 Å². The van der Waals surface area contributed by atoms with Gasteiger partial charge in [-0.05, 0) is 49.7 Å². The third-order valence-electron chi connectivity index (χ3n) is 4.73. The first-order valence-electron chi connectivity index (χ1n) is 10.2. The summed E-state index contributed by atoms with van der Waals surface area (Å²) in [5.41, 5.74) is 2.84. The molecular weight excluding hydrogens is 412 g/mol. The van der Waals surface area contributed by atoms with Gasteiger partial charge >= 0.3 is 12.0 Å². The first-order valence-corrected chi connectivity index (χ1v) is 10.2. The lowest BCUT2D eigenvalue weighted by Crippen LogP contribution is -2.35. The molecule has 0 unspecified atom stereocenters. The monoisotopic (exact) mass is 440 g/mol. The molecule has 0 radical (unpaired) electrons. The lowest BCUT2D eigenvalue weighted by Gasteiger charge is -2.18. The SMILES string of the molecule is Cc1ccccc1NC(=O)Nc1ccc(N(C)C(=O)CCC(=O)N[C@H](C)CC(=O)O)cc1. The topological polar surface area (TPSA) is 128 Å². The van der Waals surface area contributed by atoms with Crippen LogP contribution in [0.5, 0.6) is 0 Å². The highest BCUT2D eigenvalue weighted by atomic mass is 16.4. The zero-order valence-electron chi connectivity index (χ0n) is 18.3. The van der Waals surface area contributed by atoms with Crippen molar-refractivity contribution in [1.29, 1.82) is 0 Å². The van der Waals surface area contributed by atoms with Gasteiger partial charge < -0.3 is 26.0 Å². The van der Waals surface area contributed by atoms with Crippen LogP contribution in [0.2, 0.25) is 0 Å². The molecule has 9 nitrogen and oxygen atoms in total. The highest BCUT2D eigenvalue weighted by Gasteiger charge is 2.15. The molecule has 2 rings (SSSR count). The maximum Gasteiger partial charge on any atom is 0.323 e. The molecule has 0 fully saturated rings. The molecule has 32 heavy (non-hydrogen) atoms. The van der Waals surface area contributed by atoms with Crippen LogP contribution in [0, 0.1) is 6.92 Å².